The summed E-state index contributed by atoms with van der Waals surface area (Å²) >= 11 is 0. The fourth-order valence-electron chi connectivity index (χ4n) is 2.50. The summed E-state index contributed by atoms with van der Waals surface area (Å²) in [6.07, 6.45) is 0. The summed E-state index contributed by atoms with van der Waals surface area (Å²) in [6.45, 7) is 2.93. The zero-order chi connectivity index (χ0) is 20.5. The second-order valence-electron chi connectivity index (χ2n) is 5.90. The number of nitrogens with one attached hydrogen (secondary N) is 2. The first kappa shape index (κ1) is 24.3. The maximum absolute atomic E-state index is 12.1. The Morgan fingerprint density at radius 1 is 1.21 bits per heavy atom. The van der Waals surface area contributed by atoms with Gasteiger partial charge in [-0.3, -0.25) is 24.1 Å². The van der Waals surface area contributed by atoms with E-state index in [1.54, 1.807) is 6.92 Å². The van der Waals surface area contributed by atoms with E-state index in [2.05, 4.69) is 10.6 Å². The smallest absolute Gasteiger partial charge is 0.731 e. The molecule has 0 saturated carbocycles. The van der Waals surface area contributed by atoms with E-state index in [1.807, 2.05) is 0 Å². The average Bonchev–Trinajstić information content (AvgIpc) is 2.58. The second-order valence-corrected chi connectivity index (χ2v) is 7.20. The van der Waals surface area contributed by atoms with E-state index in [0.29, 0.717) is 11.4 Å². The minimum atomic E-state index is -4.92. The van der Waals surface area contributed by atoms with Crippen LogP contribution in [0.4, 0.5) is 4.79 Å². The molecular formula is C13H18N5NaO8S. The Kier molecular flexibility index (Phi) is 7.96. The molecule has 0 spiro atoms. The Labute approximate surface area is 182 Å². The summed E-state index contributed by atoms with van der Waals surface area (Å²) in [7, 11) is -4.92. The summed E-state index contributed by atoms with van der Waals surface area (Å²) in [5.41, 5.74) is 0. The fraction of sp³-hybridized carbons (Fsp3) is 0.615. The third-order valence-electron chi connectivity index (χ3n) is 4.15. The first-order valence-electron chi connectivity index (χ1n) is 7.96. The predicted molar refractivity (Wildman–Crippen MR) is 85.3 cm³/mol. The van der Waals surface area contributed by atoms with Gasteiger partial charge in [0.1, 0.15) is 12.1 Å². The van der Waals surface area contributed by atoms with Crippen molar-refractivity contribution in [2.24, 2.45) is 0 Å². The van der Waals surface area contributed by atoms with Gasteiger partial charge in [-0.15, -0.1) is 0 Å². The molecule has 2 atom stereocenters. The number of rotatable bonds is 5. The number of piperazine rings is 1. The van der Waals surface area contributed by atoms with Crippen LogP contribution in [0.15, 0.2) is 0 Å². The number of carbonyl (C=O) groups is 5. The number of imide groups is 1. The first-order valence-corrected chi connectivity index (χ1v) is 9.33. The van der Waals surface area contributed by atoms with E-state index in [4.69, 9.17) is 0 Å². The molecule has 0 aromatic carbocycles. The van der Waals surface area contributed by atoms with Gasteiger partial charge in [-0.1, -0.05) is 0 Å². The summed E-state index contributed by atoms with van der Waals surface area (Å²) in [5.74, 6) is -3.74. The normalized spacial score (nSPS) is 20.9. The van der Waals surface area contributed by atoms with Crippen LogP contribution >= 0.6 is 0 Å². The molecule has 150 valence electrons. The van der Waals surface area contributed by atoms with Gasteiger partial charge >= 0.3 is 47.4 Å². The topological polar surface area (TPSA) is 176 Å². The SMILES string of the molecule is CCN1CCN(C(=O)N[C@H](C)C(=O)NC2CN(S(=O)(=O)[O-])C2=O)C(=O)C1=O.[Na+]. The van der Waals surface area contributed by atoms with Gasteiger partial charge in [0.25, 0.3) is 5.91 Å². The van der Waals surface area contributed by atoms with Crippen molar-refractivity contribution >= 4 is 40.0 Å². The number of likely N-dealkylation sites (N-methyl/N-ethyl adjacent to an activating group) is 1. The van der Waals surface area contributed by atoms with Gasteiger partial charge in [0.15, 0.2) is 10.3 Å². The maximum Gasteiger partial charge on any atom is 1.00 e. The number of hydrogen-bond donors (Lipinski definition) is 2. The molecule has 15 heteroatoms. The van der Waals surface area contributed by atoms with E-state index in [1.165, 1.54) is 11.8 Å². The Morgan fingerprint density at radius 3 is 2.32 bits per heavy atom. The van der Waals surface area contributed by atoms with Crippen molar-refractivity contribution in [1.29, 1.82) is 0 Å². The molecule has 2 aliphatic heterocycles. The average molecular weight is 427 g/mol. The molecule has 0 radical (unpaired) electrons. The summed E-state index contributed by atoms with van der Waals surface area (Å²) in [6, 6.07) is -3.33. The Bertz CT molecular complexity index is 803. The number of amides is 6. The molecule has 0 bridgehead atoms. The Hall–Kier alpha value is -1.74. The monoisotopic (exact) mass is 427 g/mol. The first-order chi connectivity index (χ1) is 12.5. The Morgan fingerprint density at radius 2 is 1.82 bits per heavy atom. The van der Waals surface area contributed by atoms with Crippen LogP contribution in [0, 0.1) is 0 Å². The molecule has 2 fully saturated rings. The fourth-order valence-corrected chi connectivity index (χ4v) is 3.18. The van der Waals surface area contributed by atoms with Gasteiger partial charge in [0, 0.05) is 19.6 Å². The number of nitrogens with zero attached hydrogens (tertiary/aromatic N) is 3. The van der Waals surface area contributed by atoms with Gasteiger partial charge in [0.05, 0.1) is 6.54 Å². The third-order valence-corrected chi connectivity index (χ3v) is 5.02. The molecule has 2 N–H and O–H groups in total. The van der Waals surface area contributed by atoms with Crippen LogP contribution in [0.1, 0.15) is 13.8 Å². The van der Waals surface area contributed by atoms with Crippen LogP contribution in [-0.4, -0.2) is 95.0 Å². The number of hydrogen-bond acceptors (Lipinski definition) is 8. The molecule has 0 aromatic rings. The van der Waals surface area contributed by atoms with Crippen molar-refractivity contribution in [1.82, 2.24) is 24.7 Å². The summed E-state index contributed by atoms with van der Waals surface area (Å²) < 4.78 is 32.2. The van der Waals surface area contributed by atoms with Crippen molar-refractivity contribution < 1.29 is 66.5 Å². The zero-order valence-electron chi connectivity index (χ0n) is 15.5. The molecule has 2 heterocycles. The molecule has 2 aliphatic rings. The molecule has 0 aliphatic carbocycles. The van der Waals surface area contributed by atoms with Crippen molar-refractivity contribution in [2.45, 2.75) is 25.9 Å². The van der Waals surface area contributed by atoms with E-state index in [-0.39, 0.29) is 47.0 Å². The Balaban J connectivity index is 0.00000392. The molecule has 1 unspecified atom stereocenters. The van der Waals surface area contributed by atoms with Gasteiger partial charge in [-0.25, -0.2) is 17.5 Å². The molecule has 13 nitrogen and oxygen atoms in total. The van der Waals surface area contributed by atoms with Crippen molar-refractivity contribution in [3.63, 3.8) is 0 Å². The molecule has 2 rings (SSSR count). The summed E-state index contributed by atoms with van der Waals surface area (Å²) in [5, 5.41) is 4.41. The van der Waals surface area contributed by atoms with Crippen LogP contribution in [0.5, 0.6) is 0 Å². The van der Waals surface area contributed by atoms with Crippen LogP contribution in [0.25, 0.3) is 0 Å². The van der Waals surface area contributed by atoms with Crippen LogP contribution in [-0.2, 0) is 29.5 Å². The predicted octanol–water partition coefficient (Wildman–Crippen LogP) is -6.43. The van der Waals surface area contributed by atoms with E-state index >= 15 is 0 Å². The molecule has 6 amide bonds. The van der Waals surface area contributed by atoms with Crippen molar-refractivity contribution in [3.05, 3.63) is 0 Å². The molecule has 28 heavy (non-hydrogen) atoms. The molecule has 2 saturated heterocycles. The minimum Gasteiger partial charge on any atom is -0.731 e. The summed E-state index contributed by atoms with van der Waals surface area (Å²) in [4.78, 5) is 61.3. The van der Waals surface area contributed by atoms with Crippen molar-refractivity contribution in [3.8, 4) is 0 Å². The maximum atomic E-state index is 12.1. The van der Waals surface area contributed by atoms with E-state index in [9.17, 15) is 36.9 Å². The van der Waals surface area contributed by atoms with Gasteiger partial charge in [0.2, 0.25) is 5.91 Å². The van der Waals surface area contributed by atoms with Crippen LogP contribution < -0.4 is 40.2 Å². The largest absolute Gasteiger partial charge is 1.00 e. The minimum absolute atomic E-state index is 0. The third kappa shape index (κ3) is 5.00. The number of β-lactam (4-membered cyclic amide) rings is 1. The van der Waals surface area contributed by atoms with Gasteiger partial charge in [-0.05, 0) is 13.8 Å². The van der Waals surface area contributed by atoms with E-state index < -0.39 is 58.6 Å². The standard InChI is InChI=1S/C13H19N5O8S.Na/c1-3-16-4-5-17(12(22)11(16)21)13(23)14-7(2)9(19)15-8-6-18(10(8)20)27(24,25)26;/h7-8H,3-6H2,1-2H3,(H,14,23)(H,15,19)(H,24,25,26);/q;+1/p-1/t7-,8?;/m1./s1. The number of carbonyl (C=O) groups excluding carboxylic acids is 5. The zero-order valence-corrected chi connectivity index (χ0v) is 18.3. The van der Waals surface area contributed by atoms with Gasteiger partial charge in [-0.2, -0.15) is 0 Å². The van der Waals surface area contributed by atoms with Crippen LogP contribution in [0.2, 0.25) is 0 Å². The molecule has 0 aromatic heterocycles. The van der Waals surface area contributed by atoms with Crippen molar-refractivity contribution in [2.75, 3.05) is 26.2 Å². The van der Waals surface area contributed by atoms with Crippen LogP contribution in [0.3, 0.4) is 0 Å². The quantitative estimate of drug-likeness (QED) is 0.188. The number of urea groups is 1. The van der Waals surface area contributed by atoms with Gasteiger partial charge < -0.3 is 20.1 Å². The van der Waals surface area contributed by atoms with E-state index in [0.717, 1.165) is 0 Å². The molecular weight excluding hydrogens is 409 g/mol. The second kappa shape index (κ2) is 9.17.